The van der Waals surface area contributed by atoms with Crippen LogP contribution in [-0.2, 0) is 16.8 Å². The van der Waals surface area contributed by atoms with Gasteiger partial charge in [-0.25, -0.2) is 4.98 Å². The number of aldehydes is 1. The van der Waals surface area contributed by atoms with E-state index in [2.05, 4.69) is 45.9 Å². The minimum Gasteiger partial charge on any atom is -0.308 e. The summed E-state index contributed by atoms with van der Waals surface area (Å²) in [5.74, 6) is 0.683. The van der Waals surface area contributed by atoms with Crippen LogP contribution in [0.1, 0.15) is 22.5 Å². The Bertz CT molecular complexity index is 1230. The molecule has 4 nitrogen and oxygen atoms in total. The third-order valence-electron chi connectivity index (χ3n) is 5.94. The molecule has 0 bridgehead atoms. The van der Waals surface area contributed by atoms with Gasteiger partial charge < -0.3 is 9.36 Å². The zero-order valence-electron chi connectivity index (χ0n) is 18.1. The standard InChI is InChI=1S/C29H23N3O/c33-21-19-28-31-22-27(26-18-10-11-20-30-26)32(28)29(23-12-4-1-5-13-23,24-14-6-2-7-15-24)25-16-8-3-9-17-25/h1-18,20-22H,19H2. The van der Waals surface area contributed by atoms with Gasteiger partial charge in [0.15, 0.2) is 0 Å². The molecule has 4 heteroatoms. The van der Waals surface area contributed by atoms with Gasteiger partial charge in [-0.15, -0.1) is 0 Å². The lowest BCUT2D eigenvalue weighted by Gasteiger charge is -2.39. The van der Waals surface area contributed by atoms with Gasteiger partial charge in [0.2, 0.25) is 0 Å². The van der Waals surface area contributed by atoms with E-state index in [0.717, 1.165) is 34.4 Å². The van der Waals surface area contributed by atoms with Crippen molar-refractivity contribution in [2.45, 2.75) is 12.0 Å². The smallest absolute Gasteiger partial charge is 0.127 e. The fraction of sp³-hybridized carbons (Fsp3) is 0.0690. The Balaban J connectivity index is 1.97. The van der Waals surface area contributed by atoms with Gasteiger partial charge in [0.05, 0.1) is 24.0 Å². The van der Waals surface area contributed by atoms with Gasteiger partial charge in [0, 0.05) is 6.20 Å². The second-order valence-electron chi connectivity index (χ2n) is 7.79. The molecule has 33 heavy (non-hydrogen) atoms. The topological polar surface area (TPSA) is 47.8 Å². The number of rotatable bonds is 7. The lowest BCUT2D eigenvalue weighted by atomic mass is 9.76. The number of nitrogens with zero attached hydrogens (tertiary/aromatic N) is 3. The van der Waals surface area contributed by atoms with Crippen LogP contribution in [0.2, 0.25) is 0 Å². The maximum atomic E-state index is 11.7. The molecule has 0 N–H and O–H groups in total. The number of aromatic nitrogens is 3. The number of imidazole rings is 1. The van der Waals surface area contributed by atoms with E-state index in [1.54, 1.807) is 6.20 Å². The van der Waals surface area contributed by atoms with Crippen molar-refractivity contribution in [1.29, 1.82) is 0 Å². The maximum absolute atomic E-state index is 11.7. The Labute approximate surface area is 193 Å². The molecule has 2 aromatic heterocycles. The Morgan fingerprint density at radius 2 is 1.18 bits per heavy atom. The average Bonchev–Trinajstić information content (AvgIpc) is 3.31. The summed E-state index contributed by atoms with van der Waals surface area (Å²) in [6.45, 7) is 0. The number of carbonyl (C=O) groups is 1. The van der Waals surface area contributed by atoms with E-state index in [9.17, 15) is 4.79 Å². The summed E-state index contributed by atoms with van der Waals surface area (Å²) >= 11 is 0. The number of pyridine rings is 1. The Morgan fingerprint density at radius 1 is 0.667 bits per heavy atom. The molecule has 0 spiro atoms. The van der Waals surface area contributed by atoms with Gasteiger partial charge in [-0.2, -0.15) is 0 Å². The van der Waals surface area contributed by atoms with E-state index in [1.165, 1.54) is 0 Å². The Morgan fingerprint density at radius 3 is 1.64 bits per heavy atom. The van der Waals surface area contributed by atoms with Crippen LogP contribution >= 0.6 is 0 Å². The number of hydrogen-bond acceptors (Lipinski definition) is 3. The second-order valence-corrected chi connectivity index (χ2v) is 7.79. The van der Waals surface area contributed by atoms with Gasteiger partial charge in [-0.3, -0.25) is 4.98 Å². The van der Waals surface area contributed by atoms with E-state index >= 15 is 0 Å². The van der Waals surface area contributed by atoms with Crippen LogP contribution in [0.15, 0.2) is 122 Å². The molecule has 0 aliphatic heterocycles. The molecule has 0 fully saturated rings. The highest BCUT2D eigenvalue weighted by molar-refractivity contribution is 5.62. The largest absolute Gasteiger partial charge is 0.308 e. The minimum absolute atomic E-state index is 0.196. The van der Waals surface area contributed by atoms with Crippen LogP contribution in [0.5, 0.6) is 0 Å². The van der Waals surface area contributed by atoms with Crippen molar-refractivity contribution in [3.8, 4) is 11.4 Å². The summed E-state index contributed by atoms with van der Waals surface area (Å²) in [4.78, 5) is 21.1. The Hall–Kier alpha value is -4.31. The first kappa shape index (κ1) is 20.6. The summed E-state index contributed by atoms with van der Waals surface area (Å²) in [7, 11) is 0. The predicted molar refractivity (Wildman–Crippen MR) is 130 cm³/mol. The van der Waals surface area contributed by atoms with Crippen molar-refractivity contribution in [2.75, 3.05) is 0 Å². The zero-order chi connectivity index (χ0) is 22.5. The third kappa shape index (κ3) is 3.56. The first-order valence-electron chi connectivity index (χ1n) is 10.9. The monoisotopic (exact) mass is 429 g/mol. The van der Waals surface area contributed by atoms with Gasteiger partial charge in [0.25, 0.3) is 0 Å². The lowest BCUT2D eigenvalue weighted by molar-refractivity contribution is -0.107. The summed E-state index contributed by atoms with van der Waals surface area (Å²) in [6.07, 6.45) is 4.71. The molecule has 0 atom stereocenters. The molecule has 5 aromatic rings. The van der Waals surface area contributed by atoms with Crippen molar-refractivity contribution in [3.63, 3.8) is 0 Å². The molecule has 5 rings (SSSR count). The van der Waals surface area contributed by atoms with Crippen molar-refractivity contribution in [3.05, 3.63) is 144 Å². The van der Waals surface area contributed by atoms with Crippen molar-refractivity contribution < 1.29 is 4.79 Å². The van der Waals surface area contributed by atoms with Crippen LogP contribution < -0.4 is 0 Å². The van der Waals surface area contributed by atoms with Gasteiger partial charge in [0.1, 0.15) is 17.6 Å². The molecule has 3 aromatic carbocycles. The molecular formula is C29H23N3O. The van der Waals surface area contributed by atoms with Crippen molar-refractivity contribution in [1.82, 2.24) is 14.5 Å². The molecule has 2 heterocycles. The summed E-state index contributed by atoms with van der Waals surface area (Å²) in [6, 6.07) is 37.0. The molecule has 0 aliphatic carbocycles. The molecule has 0 amide bonds. The average molecular weight is 430 g/mol. The van der Waals surface area contributed by atoms with Gasteiger partial charge in [-0.05, 0) is 28.8 Å². The highest BCUT2D eigenvalue weighted by Crippen LogP contribution is 2.44. The summed E-state index contributed by atoms with van der Waals surface area (Å²) in [5, 5.41) is 0. The number of hydrogen-bond donors (Lipinski definition) is 0. The highest BCUT2D eigenvalue weighted by atomic mass is 16.1. The molecule has 0 aliphatic rings. The highest BCUT2D eigenvalue weighted by Gasteiger charge is 2.41. The third-order valence-corrected chi connectivity index (χ3v) is 5.94. The van der Waals surface area contributed by atoms with Gasteiger partial charge >= 0.3 is 0 Å². The van der Waals surface area contributed by atoms with E-state index in [4.69, 9.17) is 4.98 Å². The molecule has 0 saturated carbocycles. The van der Waals surface area contributed by atoms with E-state index in [0.29, 0.717) is 5.82 Å². The summed E-state index contributed by atoms with van der Waals surface area (Å²) in [5.41, 5.74) is 4.11. The minimum atomic E-state index is -0.758. The normalized spacial score (nSPS) is 11.3. The predicted octanol–water partition coefficient (Wildman–Crippen LogP) is 5.53. The Kier molecular flexibility index (Phi) is 5.64. The molecule has 0 saturated heterocycles. The van der Waals surface area contributed by atoms with E-state index < -0.39 is 5.54 Å². The molecule has 0 radical (unpaired) electrons. The molecule has 0 unspecified atom stereocenters. The summed E-state index contributed by atoms with van der Waals surface area (Å²) < 4.78 is 2.18. The SMILES string of the molecule is O=CCc1ncc(-c2ccccn2)n1C(c1ccccc1)(c1ccccc1)c1ccccc1. The second kappa shape index (κ2) is 9.05. The van der Waals surface area contributed by atoms with Crippen molar-refractivity contribution in [2.24, 2.45) is 0 Å². The van der Waals surface area contributed by atoms with Crippen LogP contribution in [0.4, 0.5) is 0 Å². The van der Waals surface area contributed by atoms with Crippen LogP contribution in [0.3, 0.4) is 0 Å². The lowest BCUT2D eigenvalue weighted by Crippen LogP contribution is -2.39. The van der Waals surface area contributed by atoms with Crippen molar-refractivity contribution >= 4 is 6.29 Å². The van der Waals surface area contributed by atoms with Crippen LogP contribution in [0.25, 0.3) is 11.4 Å². The first-order valence-corrected chi connectivity index (χ1v) is 10.9. The zero-order valence-corrected chi connectivity index (χ0v) is 18.1. The fourth-order valence-corrected chi connectivity index (χ4v) is 4.60. The van der Waals surface area contributed by atoms with Gasteiger partial charge in [-0.1, -0.05) is 97.1 Å². The fourth-order valence-electron chi connectivity index (χ4n) is 4.60. The quantitative estimate of drug-likeness (QED) is 0.253. The van der Waals surface area contributed by atoms with Crippen LogP contribution in [-0.4, -0.2) is 20.8 Å². The van der Waals surface area contributed by atoms with E-state index in [-0.39, 0.29) is 6.42 Å². The van der Waals surface area contributed by atoms with Crippen LogP contribution in [0, 0.1) is 0 Å². The molecule has 160 valence electrons. The van der Waals surface area contributed by atoms with E-state index in [1.807, 2.05) is 79.0 Å². The first-order chi connectivity index (χ1) is 16.4. The number of benzene rings is 3. The number of carbonyl (C=O) groups excluding carboxylic acids is 1. The maximum Gasteiger partial charge on any atom is 0.127 e. The molecular weight excluding hydrogens is 406 g/mol.